The fourth-order valence-electron chi connectivity index (χ4n) is 1.26. The molecule has 1 aromatic heterocycles. The van der Waals surface area contributed by atoms with Crippen LogP contribution in [0.4, 0.5) is 4.39 Å². The van der Waals surface area contributed by atoms with Gasteiger partial charge in [0.05, 0.1) is 16.5 Å². The first-order valence-corrected chi connectivity index (χ1v) is 6.13. The number of hydrogen-bond donors (Lipinski definition) is 1. The normalized spacial score (nSPS) is 10.9. The van der Waals surface area contributed by atoms with Crippen LogP contribution >= 0.6 is 23.4 Å². The van der Waals surface area contributed by atoms with Crippen LogP contribution in [-0.2, 0) is 10.5 Å². The van der Waals surface area contributed by atoms with Crippen LogP contribution in [0.2, 0.25) is 5.02 Å². The van der Waals surface area contributed by atoms with Crippen molar-refractivity contribution in [2.75, 3.05) is 5.75 Å². The average molecular weight is 276 g/mol. The number of carboxylic acids is 1. The number of oxazole rings is 1. The highest BCUT2D eigenvalue weighted by Gasteiger charge is 2.10. The average Bonchev–Trinajstić information content (AvgIpc) is 2.60. The van der Waals surface area contributed by atoms with Gasteiger partial charge in [0.1, 0.15) is 11.3 Å². The number of aromatic nitrogens is 1. The van der Waals surface area contributed by atoms with Crippen molar-refractivity contribution in [3.8, 4) is 0 Å². The van der Waals surface area contributed by atoms with Gasteiger partial charge in [-0.05, 0) is 6.07 Å². The number of aliphatic carboxylic acids is 1. The van der Waals surface area contributed by atoms with E-state index in [0.717, 1.165) is 17.8 Å². The third-order valence-electron chi connectivity index (χ3n) is 1.93. The molecule has 1 aromatic carbocycles. The highest BCUT2D eigenvalue weighted by atomic mass is 35.5. The van der Waals surface area contributed by atoms with Crippen LogP contribution in [0.1, 0.15) is 5.89 Å². The van der Waals surface area contributed by atoms with Gasteiger partial charge in [0.15, 0.2) is 5.58 Å². The van der Waals surface area contributed by atoms with Crippen molar-refractivity contribution in [3.05, 3.63) is 28.9 Å². The van der Waals surface area contributed by atoms with Gasteiger partial charge in [-0.1, -0.05) is 11.6 Å². The van der Waals surface area contributed by atoms with Gasteiger partial charge in [0.2, 0.25) is 5.89 Å². The molecule has 1 heterocycles. The predicted molar refractivity (Wildman–Crippen MR) is 62.8 cm³/mol. The number of carbonyl (C=O) groups is 1. The molecule has 0 amide bonds. The molecule has 2 rings (SSSR count). The number of rotatable bonds is 4. The maximum atomic E-state index is 13.1. The standard InChI is InChI=1S/C10H7ClFNO3S/c11-5-1-7-8(2-6(5)12)16-9(13-7)3-17-4-10(14)15/h1-2H,3-4H2,(H,14,15). The van der Waals surface area contributed by atoms with Gasteiger partial charge in [-0.25, -0.2) is 9.37 Å². The molecule has 4 nitrogen and oxygen atoms in total. The summed E-state index contributed by atoms with van der Waals surface area (Å²) in [7, 11) is 0. The Bertz CT molecular complexity index is 533. The van der Waals surface area contributed by atoms with Gasteiger partial charge in [-0.2, -0.15) is 0 Å². The van der Waals surface area contributed by atoms with E-state index in [-0.39, 0.29) is 10.8 Å². The van der Waals surface area contributed by atoms with Crippen molar-refractivity contribution in [2.24, 2.45) is 0 Å². The van der Waals surface area contributed by atoms with Crippen LogP contribution in [0.5, 0.6) is 0 Å². The first-order chi connectivity index (χ1) is 8.06. The number of nitrogens with zero attached hydrogens (tertiary/aromatic N) is 1. The molecule has 0 saturated carbocycles. The van der Waals surface area contributed by atoms with E-state index in [1.54, 1.807) is 0 Å². The number of fused-ring (bicyclic) bond motifs is 1. The lowest BCUT2D eigenvalue weighted by atomic mass is 10.3. The summed E-state index contributed by atoms with van der Waals surface area (Å²) in [6.45, 7) is 0. The van der Waals surface area contributed by atoms with Crippen LogP contribution in [0, 0.1) is 5.82 Å². The van der Waals surface area contributed by atoms with E-state index in [1.807, 2.05) is 0 Å². The number of carboxylic acid groups (broad SMARTS) is 1. The smallest absolute Gasteiger partial charge is 0.313 e. The molecule has 0 atom stereocenters. The molecule has 0 aliphatic rings. The molecule has 0 bridgehead atoms. The Morgan fingerprint density at radius 2 is 2.35 bits per heavy atom. The molecule has 0 radical (unpaired) electrons. The highest BCUT2D eigenvalue weighted by Crippen LogP contribution is 2.24. The van der Waals surface area contributed by atoms with E-state index in [9.17, 15) is 9.18 Å². The Morgan fingerprint density at radius 3 is 3.06 bits per heavy atom. The second-order valence-electron chi connectivity index (χ2n) is 3.23. The molecule has 17 heavy (non-hydrogen) atoms. The molecule has 0 fully saturated rings. The van der Waals surface area contributed by atoms with E-state index in [1.165, 1.54) is 6.07 Å². The maximum absolute atomic E-state index is 13.1. The van der Waals surface area contributed by atoms with Crippen molar-refractivity contribution >= 4 is 40.4 Å². The van der Waals surface area contributed by atoms with Crippen LogP contribution in [0.25, 0.3) is 11.1 Å². The summed E-state index contributed by atoms with van der Waals surface area (Å²) in [5.41, 5.74) is 0.764. The van der Waals surface area contributed by atoms with Crippen molar-refractivity contribution < 1.29 is 18.7 Å². The molecule has 1 N–H and O–H groups in total. The van der Waals surface area contributed by atoms with E-state index in [0.29, 0.717) is 22.7 Å². The molecule has 0 saturated heterocycles. The minimum Gasteiger partial charge on any atom is -0.481 e. The van der Waals surface area contributed by atoms with Crippen LogP contribution < -0.4 is 0 Å². The minimum atomic E-state index is -0.903. The quantitative estimate of drug-likeness (QED) is 0.929. The molecule has 7 heteroatoms. The minimum absolute atomic E-state index is 0.0180. The van der Waals surface area contributed by atoms with E-state index in [2.05, 4.69) is 4.98 Å². The Hall–Kier alpha value is -1.27. The van der Waals surface area contributed by atoms with Crippen LogP contribution in [0.15, 0.2) is 16.5 Å². The topological polar surface area (TPSA) is 63.3 Å². The Morgan fingerprint density at radius 1 is 1.59 bits per heavy atom. The molecular formula is C10H7ClFNO3S. The summed E-state index contributed by atoms with van der Waals surface area (Å²) < 4.78 is 18.4. The van der Waals surface area contributed by atoms with Crippen LogP contribution in [0.3, 0.4) is 0 Å². The molecule has 2 aromatic rings. The number of halogens is 2. The summed E-state index contributed by atoms with van der Waals surface area (Å²) in [6.07, 6.45) is 0. The Balaban J connectivity index is 2.17. The fraction of sp³-hybridized carbons (Fsp3) is 0.200. The van der Waals surface area contributed by atoms with Crippen molar-refractivity contribution in [1.29, 1.82) is 0 Å². The lowest BCUT2D eigenvalue weighted by Gasteiger charge is -1.92. The van der Waals surface area contributed by atoms with Crippen molar-refractivity contribution in [3.63, 3.8) is 0 Å². The van der Waals surface area contributed by atoms with E-state index in [4.69, 9.17) is 21.1 Å². The monoisotopic (exact) mass is 275 g/mol. The third kappa shape index (κ3) is 2.89. The molecule has 0 spiro atoms. The number of thioether (sulfide) groups is 1. The maximum Gasteiger partial charge on any atom is 0.313 e. The first kappa shape index (κ1) is 12.2. The van der Waals surface area contributed by atoms with Crippen molar-refractivity contribution in [1.82, 2.24) is 4.98 Å². The summed E-state index contributed by atoms with van der Waals surface area (Å²) >= 11 is 6.76. The highest BCUT2D eigenvalue weighted by molar-refractivity contribution is 7.99. The zero-order valence-corrected chi connectivity index (χ0v) is 10.0. The predicted octanol–water partition coefficient (Wildman–Crippen LogP) is 2.94. The summed E-state index contributed by atoms with van der Waals surface area (Å²) in [6, 6.07) is 2.54. The van der Waals surface area contributed by atoms with Crippen LogP contribution in [-0.4, -0.2) is 21.8 Å². The lowest BCUT2D eigenvalue weighted by molar-refractivity contribution is -0.133. The van der Waals surface area contributed by atoms with E-state index < -0.39 is 11.8 Å². The third-order valence-corrected chi connectivity index (χ3v) is 3.12. The number of benzene rings is 1. The lowest BCUT2D eigenvalue weighted by Crippen LogP contribution is -1.98. The summed E-state index contributed by atoms with van der Waals surface area (Å²) in [4.78, 5) is 14.4. The summed E-state index contributed by atoms with van der Waals surface area (Å²) in [5.74, 6) is -0.832. The Labute approximate surface area is 105 Å². The van der Waals surface area contributed by atoms with E-state index >= 15 is 0 Å². The SMILES string of the molecule is O=C(O)CSCc1nc2cc(Cl)c(F)cc2o1. The van der Waals surface area contributed by atoms with Gasteiger partial charge >= 0.3 is 5.97 Å². The molecule has 0 unspecified atom stereocenters. The van der Waals surface area contributed by atoms with Gasteiger partial charge in [-0.3, -0.25) is 4.79 Å². The molecule has 0 aliphatic heterocycles. The fourth-order valence-corrected chi connectivity index (χ4v) is 1.99. The van der Waals surface area contributed by atoms with Gasteiger partial charge in [-0.15, -0.1) is 11.8 Å². The van der Waals surface area contributed by atoms with Gasteiger partial charge < -0.3 is 9.52 Å². The zero-order chi connectivity index (χ0) is 12.4. The molecular weight excluding hydrogens is 269 g/mol. The molecule has 0 aliphatic carbocycles. The second-order valence-corrected chi connectivity index (χ2v) is 4.62. The largest absolute Gasteiger partial charge is 0.481 e. The molecule has 90 valence electrons. The zero-order valence-electron chi connectivity index (χ0n) is 8.44. The van der Waals surface area contributed by atoms with Gasteiger partial charge in [0, 0.05) is 6.07 Å². The Kier molecular flexibility index (Phi) is 3.54. The second kappa shape index (κ2) is 4.93. The first-order valence-electron chi connectivity index (χ1n) is 4.60. The number of hydrogen-bond acceptors (Lipinski definition) is 4. The summed E-state index contributed by atoms with van der Waals surface area (Å²) in [5, 5.41) is 8.45. The van der Waals surface area contributed by atoms with Crippen molar-refractivity contribution in [2.45, 2.75) is 5.75 Å². The van der Waals surface area contributed by atoms with Gasteiger partial charge in [0.25, 0.3) is 0 Å².